The van der Waals surface area contributed by atoms with Crippen molar-refractivity contribution in [2.45, 2.75) is 65.3 Å². The first kappa shape index (κ1) is 25.7. The molecule has 2 aromatic rings. The van der Waals surface area contributed by atoms with E-state index in [4.69, 9.17) is 4.74 Å². The minimum Gasteiger partial charge on any atom is -0.393 e. The van der Waals surface area contributed by atoms with Crippen molar-refractivity contribution in [1.29, 1.82) is 5.26 Å². The monoisotopic (exact) mass is 441 g/mol. The number of ether oxygens (including phenoxy) is 1. The van der Waals surface area contributed by atoms with Crippen LogP contribution in [0.4, 0.5) is 5.69 Å². The first-order valence-corrected chi connectivity index (χ1v) is 11.2. The Hall–Kier alpha value is -2.53. The van der Waals surface area contributed by atoms with Crippen LogP contribution in [0.25, 0.3) is 10.9 Å². The lowest BCUT2D eigenvalue weighted by Crippen LogP contribution is -2.56. The summed E-state index contributed by atoms with van der Waals surface area (Å²) in [5.74, 6) is -1.51. The van der Waals surface area contributed by atoms with Crippen LogP contribution in [0.3, 0.4) is 0 Å². The molecule has 0 spiro atoms. The molecule has 2 rings (SSSR count). The molecule has 7 heteroatoms. The molecule has 4 unspecified atom stereocenters. The lowest BCUT2D eigenvalue weighted by molar-refractivity contribution is -0.181. The number of aromatic nitrogens is 1. The molecule has 0 bridgehead atoms. The number of benzene rings is 1. The van der Waals surface area contributed by atoms with E-state index in [1.165, 1.54) is 4.90 Å². The van der Waals surface area contributed by atoms with Crippen LogP contribution >= 0.6 is 0 Å². The van der Waals surface area contributed by atoms with Gasteiger partial charge in [-0.05, 0) is 51.0 Å². The smallest absolute Gasteiger partial charge is 0.230 e. The van der Waals surface area contributed by atoms with Crippen molar-refractivity contribution in [3.8, 4) is 6.07 Å². The van der Waals surface area contributed by atoms with E-state index in [-0.39, 0.29) is 5.91 Å². The number of rotatable bonds is 10. The second-order valence-electron chi connectivity index (χ2n) is 8.55. The van der Waals surface area contributed by atoms with E-state index in [0.29, 0.717) is 35.2 Å². The zero-order chi connectivity index (χ0) is 24.1. The lowest BCUT2D eigenvalue weighted by atomic mass is 9.72. The summed E-state index contributed by atoms with van der Waals surface area (Å²) < 4.78 is 6.09. The van der Waals surface area contributed by atoms with Crippen molar-refractivity contribution in [2.24, 2.45) is 11.8 Å². The Morgan fingerprint density at radius 2 is 1.97 bits per heavy atom. The van der Waals surface area contributed by atoms with E-state index in [9.17, 15) is 20.3 Å². The molecular formula is C25H35N3O4. The fourth-order valence-corrected chi connectivity index (χ4v) is 4.65. The molecule has 0 saturated heterocycles. The van der Waals surface area contributed by atoms with Crippen molar-refractivity contribution < 1.29 is 19.7 Å². The summed E-state index contributed by atoms with van der Waals surface area (Å²) >= 11 is 0. The second-order valence-corrected chi connectivity index (χ2v) is 8.55. The standard InChI is InChI=1S/C25H35N3O4/c1-7-14-32-25(5,21(30)8-2)22(17(4)29)16(3)24(31)28(6)20-12-11-18(15-26)23-19(20)10-9-13-27-23/h9-13,16-17,21-22,29-30H,7-8,14H2,1-6H3/t16?,17-,21?,22?,25?/m0/s1. The number of nitriles is 1. The molecule has 5 atom stereocenters. The van der Waals surface area contributed by atoms with E-state index < -0.39 is 29.6 Å². The van der Waals surface area contributed by atoms with Crippen LogP contribution < -0.4 is 4.90 Å². The predicted octanol–water partition coefficient (Wildman–Crippen LogP) is 3.66. The number of pyridine rings is 1. The third kappa shape index (κ3) is 4.93. The van der Waals surface area contributed by atoms with Crippen LogP contribution in [-0.2, 0) is 9.53 Å². The summed E-state index contributed by atoms with van der Waals surface area (Å²) in [6, 6.07) is 9.12. The average Bonchev–Trinajstić information content (AvgIpc) is 2.80. The summed E-state index contributed by atoms with van der Waals surface area (Å²) in [6.45, 7) is 9.41. The van der Waals surface area contributed by atoms with Gasteiger partial charge in [0.1, 0.15) is 6.07 Å². The highest BCUT2D eigenvalue weighted by atomic mass is 16.5. The lowest BCUT2D eigenvalue weighted by Gasteiger charge is -2.45. The van der Waals surface area contributed by atoms with E-state index in [1.54, 1.807) is 52.2 Å². The number of carbonyl (C=O) groups is 1. The molecule has 2 N–H and O–H groups in total. The van der Waals surface area contributed by atoms with Crippen molar-refractivity contribution in [2.75, 3.05) is 18.6 Å². The number of hydrogen-bond acceptors (Lipinski definition) is 6. The average molecular weight is 442 g/mol. The first-order valence-electron chi connectivity index (χ1n) is 11.2. The van der Waals surface area contributed by atoms with Gasteiger partial charge in [0.05, 0.1) is 34.6 Å². The third-order valence-electron chi connectivity index (χ3n) is 6.33. The van der Waals surface area contributed by atoms with Gasteiger partial charge in [-0.2, -0.15) is 5.26 Å². The number of nitrogens with zero attached hydrogens (tertiary/aromatic N) is 3. The van der Waals surface area contributed by atoms with Gasteiger partial charge in [0, 0.05) is 37.1 Å². The van der Waals surface area contributed by atoms with Crippen LogP contribution in [0.15, 0.2) is 30.5 Å². The number of aliphatic hydroxyl groups excluding tert-OH is 2. The third-order valence-corrected chi connectivity index (χ3v) is 6.33. The summed E-state index contributed by atoms with van der Waals surface area (Å²) in [7, 11) is 1.67. The Balaban J connectivity index is 2.48. The quantitative estimate of drug-likeness (QED) is 0.583. The molecule has 0 fully saturated rings. The fraction of sp³-hybridized carbons (Fsp3) is 0.560. The van der Waals surface area contributed by atoms with E-state index >= 15 is 0 Å². The van der Waals surface area contributed by atoms with Gasteiger partial charge >= 0.3 is 0 Å². The highest BCUT2D eigenvalue weighted by Crippen LogP contribution is 2.38. The summed E-state index contributed by atoms with van der Waals surface area (Å²) in [5, 5.41) is 31.6. The van der Waals surface area contributed by atoms with Crippen molar-refractivity contribution >= 4 is 22.5 Å². The molecule has 1 heterocycles. The van der Waals surface area contributed by atoms with Crippen molar-refractivity contribution in [3.05, 3.63) is 36.0 Å². The molecule has 1 aromatic carbocycles. The predicted molar refractivity (Wildman–Crippen MR) is 125 cm³/mol. The zero-order valence-electron chi connectivity index (χ0n) is 19.9. The molecule has 1 aromatic heterocycles. The molecule has 32 heavy (non-hydrogen) atoms. The Bertz CT molecular complexity index is 971. The number of amides is 1. The van der Waals surface area contributed by atoms with Crippen molar-refractivity contribution in [1.82, 2.24) is 4.98 Å². The van der Waals surface area contributed by atoms with Crippen LogP contribution in [0, 0.1) is 23.2 Å². The van der Waals surface area contributed by atoms with Gasteiger partial charge in [-0.1, -0.05) is 20.8 Å². The molecule has 0 aliphatic carbocycles. The largest absolute Gasteiger partial charge is 0.393 e. The van der Waals surface area contributed by atoms with Crippen molar-refractivity contribution in [3.63, 3.8) is 0 Å². The minimum atomic E-state index is -1.09. The van der Waals surface area contributed by atoms with E-state index in [1.807, 2.05) is 19.9 Å². The molecule has 0 aliphatic heterocycles. The number of carbonyl (C=O) groups excluding carboxylic acids is 1. The van der Waals surface area contributed by atoms with Crippen LogP contribution in [0.5, 0.6) is 0 Å². The summed E-state index contributed by atoms with van der Waals surface area (Å²) in [5.41, 5.74) is 0.500. The number of hydrogen-bond donors (Lipinski definition) is 2. The molecule has 0 aliphatic rings. The van der Waals surface area contributed by atoms with Crippen LogP contribution in [-0.4, -0.2) is 52.6 Å². The molecule has 174 valence electrons. The van der Waals surface area contributed by atoms with Crippen LogP contribution in [0.1, 0.15) is 53.0 Å². The highest BCUT2D eigenvalue weighted by molar-refractivity contribution is 6.04. The van der Waals surface area contributed by atoms with Gasteiger partial charge in [0.2, 0.25) is 5.91 Å². The maximum atomic E-state index is 13.6. The molecular weight excluding hydrogens is 406 g/mol. The Morgan fingerprint density at radius 1 is 1.28 bits per heavy atom. The maximum absolute atomic E-state index is 13.6. The number of aliphatic hydroxyl groups is 2. The zero-order valence-corrected chi connectivity index (χ0v) is 19.9. The van der Waals surface area contributed by atoms with Gasteiger partial charge in [0.15, 0.2) is 0 Å². The topological polar surface area (TPSA) is 107 Å². The SMILES string of the molecule is CCCOC(C)(C(O)CC)C(C(C)C(=O)N(C)c1ccc(C#N)c2ncccc12)[C@H](C)O. The Labute approximate surface area is 190 Å². The van der Waals surface area contributed by atoms with Gasteiger partial charge in [-0.15, -0.1) is 0 Å². The normalized spacial score (nSPS) is 17.1. The van der Waals surface area contributed by atoms with Gasteiger partial charge < -0.3 is 19.8 Å². The summed E-state index contributed by atoms with van der Waals surface area (Å²) in [4.78, 5) is 19.5. The minimum absolute atomic E-state index is 0.222. The maximum Gasteiger partial charge on any atom is 0.230 e. The summed E-state index contributed by atoms with van der Waals surface area (Å²) in [6.07, 6.45) is 1.08. The van der Waals surface area contributed by atoms with E-state index in [2.05, 4.69) is 11.1 Å². The van der Waals surface area contributed by atoms with Gasteiger partial charge in [-0.3, -0.25) is 9.78 Å². The molecule has 7 nitrogen and oxygen atoms in total. The number of anilines is 1. The Morgan fingerprint density at radius 3 is 2.53 bits per heavy atom. The second kappa shape index (κ2) is 10.9. The molecule has 0 radical (unpaired) electrons. The van der Waals surface area contributed by atoms with E-state index in [0.717, 1.165) is 6.42 Å². The first-order chi connectivity index (χ1) is 15.1. The number of fused-ring (bicyclic) bond motifs is 1. The molecule has 1 amide bonds. The Kier molecular flexibility index (Phi) is 8.73. The highest BCUT2D eigenvalue weighted by Gasteiger charge is 2.48. The van der Waals surface area contributed by atoms with Gasteiger partial charge in [0.25, 0.3) is 0 Å². The fourth-order valence-electron chi connectivity index (χ4n) is 4.65. The van der Waals surface area contributed by atoms with Gasteiger partial charge in [-0.25, -0.2) is 0 Å². The molecule has 0 saturated carbocycles. The van der Waals surface area contributed by atoms with Crippen LogP contribution in [0.2, 0.25) is 0 Å².